The number of nitrogens with zero attached hydrogens (tertiary/aromatic N) is 1. The monoisotopic (exact) mass is 304 g/mol. The molecule has 116 valence electrons. The van der Waals surface area contributed by atoms with Crippen LogP contribution >= 0.6 is 0 Å². The number of urea groups is 1. The van der Waals surface area contributed by atoms with Gasteiger partial charge in [-0.25, -0.2) is 9.18 Å². The number of β-amino-alcohol motifs (C(OH)–C–C–N with tert-alkyl or cyclic N) is 1. The minimum absolute atomic E-state index is 0.0963. The maximum absolute atomic E-state index is 13.9. The first kappa shape index (κ1) is 14.6. The van der Waals surface area contributed by atoms with E-state index in [1.54, 1.807) is 18.2 Å². The Morgan fingerprint density at radius 1 is 1.41 bits per heavy atom. The van der Waals surface area contributed by atoms with Crippen LogP contribution in [-0.4, -0.2) is 35.2 Å². The molecule has 3 rings (SSSR count). The van der Waals surface area contributed by atoms with Crippen molar-refractivity contribution in [2.24, 2.45) is 0 Å². The highest BCUT2D eigenvalue weighted by molar-refractivity contribution is 5.90. The number of likely N-dealkylation sites (tertiary alicyclic amines) is 1. The number of anilines is 1. The fraction of sp³-hybridized carbons (Fsp3) is 0.312. The molecule has 1 saturated heterocycles. The van der Waals surface area contributed by atoms with Crippen LogP contribution in [0, 0.1) is 5.82 Å². The van der Waals surface area contributed by atoms with Gasteiger partial charge in [-0.2, -0.15) is 0 Å². The Labute approximate surface area is 127 Å². The average Bonchev–Trinajstić information content (AvgIpc) is 3.04. The smallest absolute Gasteiger partial charge is 0.322 e. The number of nitrogens with one attached hydrogen (secondary N) is 1. The molecule has 0 spiro atoms. The predicted octanol–water partition coefficient (Wildman–Crippen LogP) is 3.07. The van der Waals surface area contributed by atoms with Crippen molar-refractivity contribution in [2.45, 2.75) is 18.9 Å². The van der Waals surface area contributed by atoms with E-state index >= 15 is 0 Å². The van der Waals surface area contributed by atoms with Crippen LogP contribution in [0.4, 0.5) is 14.9 Å². The summed E-state index contributed by atoms with van der Waals surface area (Å²) in [6.45, 7) is 0.827. The van der Waals surface area contributed by atoms with Crippen molar-refractivity contribution in [3.05, 3.63) is 42.4 Å². The largest absolute Gasteiger partial charge is 0.464 e. The highest BCUT2D eigenvalue weighted by Gasteiger charge is 2.22. The van der Waals surface area contributed by atoms with Crippen molar-refractivity contribution in [1.82, 2.24) is 4.90 Å². The minimum Gasteiger partial charge on any atom is -0.464 e. The van der Waals surface area contributed by atoms with Gasteiger partial charge in [-0.1, -0.05) is 0 Å². The van der Waals surface area contributed by atoms with Crippen molar-refractivity contribution < 1.29 is 18.7 Å². The first-order chi connectivity index (χ1) is 10.6. The Kier molecular flexibility index (Phi) is 4.11. The molecule has 1 aromatic carbocycles. The summed E-state index contributed by atoms with van der Waals surface area (Å²) >= 11 is 0. The van der Waals surface area contributed by atoms with Crippen molar-refractivity contribution in [3.63, 3.8) is 0 Å². The highest BCUT2D eigenvalue weighted by Crippen LogP contribution is 2.25. The molecule has 2 heterocycles. The molecular formula is C16H17FN2O3. The van der Waals surface area contributed by atoms with Crippen LogP contribution in [-0.2, 0) is 0 Å². The van der Waals surface area contributed by atoms with Crippen molar-refractivity contribution in [2.75, 3.05) is 18.4 Å². The number of amides is 2. The Morgan fingerprint density at radius 2 is 2.27 bits per heavy atom. The number of rotatable bonds is 2. The summed E-state index contributed by atoms with van der Waals surface area (Å²) in [5.41, 5.74) is 0.777. The van der Waals surface area contributed by atoms with E-state index in [1.807, 2.05) is 0 Å². The van der Waals surface area contributed by atoms with Gasteiger partial charge in [0.05, 0.1) is 18.1 Å². The first-order valence-corrected chi connectivity index (χ1v) is 7.21. The molecule has 0 aliphatic carbocycles. The number of halogens is 1. The van der Waals surface area contributed by atoms with E-state index in [0.717, 1.165) is 6.42 Å². The molecule has 1 aliphatic heterocycles. The lowest BCUT2D eigenvalue weighted by Crippen LogP contribution is -2.44. The van der Waals surface area contributed by atoms with Crippen LogP contribution in [0.1, 0.15) is 12.8 Å². The number of carbonyl (C=O) groups excluding carboxylic acids is 1. The second-order valence-corrected chi connectivity index (χ2v) is 5.34. The van der Waals surface area contributed by atoms with Gasteiger partial charge in [0, 0.05) is 18.7 Å². The molecule has 1 aromatic heterocycles. The summed E-state index contributed by atoms with van der Waals surface area (Å²) in [6, 6.07) is 7.51. The quantitative estimate of drug-likeness (QED) is 0.896. The van der Waals surface area contributed by atoms with Gasteiger partial charge in [-0.3, -0.25) is 0 Å². The normalized spacial score (nSPS) is 18.3. The van der Waals surface area contributed by atoms with E-state index in [0.29, 0.717) is 24.3 Å². The number of furan rings is 1. The van der Waals surface area contributed by atoms with Crippen LogP contribution < -0.4 is 5.32 Å². The molecular weight excluding hydrogens is 287 g/mol. The minimum atomic E-state index is -0.515. The van der Waals surface area contributed by atoms with Crippen molar-refractivity contribution in [3.8, 4) is 11.3 Å². The van der Waals surface area contributed by atoms with Gasteiger partial charge in [0.2, 0.25) is 0 Å². The van der Waals surface area contributed by atoms with Crippen LogP contribution in [0.5, 0.6) is 0 Å². The number of carbonyl (C=O) groups is 1. The van der Waals surface area contributed by atoms with E-state index in [1.165, 1.54) is 23.3 Å². The van der Waals surface area contributed by atoms with Crippen LogP contribution in [0.25, 0.3) is 11.3 Å². The first-order valence-electron chi connectivity index (χ1n) is 7.21. The molecule has 1 atom stereocenters. The number of aliphatic hydroxyl groups excluding tert-OH is 1. The summed E-state index contributed by atoms with van der Waals surface area (Å²) in [7, 11) is 0. The van der Waals surface area contributed by atoms with Crippen molar-refractivity contribution in [1.29, 1.82) is 0 Å². The number of piperidine rings is 1. The maximum atomic E-state index is 13.9. The molecule has 0 radical (unpaired) electrons. The van der Waals surface area contributed by atoms with Crippen LogP contribution in [0.2, 0.25) is 0 Å². The maximum Gasteiger partial charge on any atom is 0.322 e. The molecule has 0 saturated carbocycles. The standard InChI is InChI=1S/C16H17FN2O3/c17-13-6-5-11(15-4-2-8-22-15)9-14(13)18-16(21)19-7-1-3-12(20)10-19/h2,4-6,8-9,12,20H,1,3,7,10H2,(H,18,21). The average molecular weight is 304 g/mol. The predicted molar refractivity (Wildman–Crippen MR) is 79.9 cm³/mol. The van der Waals surface area contributed by atoms with E-state index in [4.69, 9.17) is 4.42 Å². The van der Waals surface area contributed by atoms with Crippen molar-refractivity contribution >= 4 is 11.7 Å². The fourth-order valence-electron chi connectivity index (χ4n) is 2.55. The third-order valence-electron chi connectivity index (χ3n) is 3.70. The number of hydrogen-bond donors (Lipinski definition) is 2. The number of hydrogen-bond acceptors (Lipinski definition) is 3. The van der Waals surface area contributed by atoms with Crippen LogP contribution in [0.15, 0.2) is 41.0 Å². The lowest BCUT2D eigenvalue weighted by Gasteiger charge is -2.30. The Balaban J connectivity index is 1.76. The third-order valence-corrected chi connectivity index (χ3v) is 3.70. The van der Waals surface area contributed by atoms with E-state index < -0.39 is 18.0 Å². The number of benzene rings is 1. The van der Waals surface area contributed by atoms with Gasteiger partial charge < -0.3 is 19.7 Å². The molecule has 1 aliphatic rings. The highest BCUT2D eigenvalue weighted by atomic mass is 19.1. The summed E-state index contributed by atoms with van der Waals surface area (Å²) in [4.78, 5) is 13.7. The molecule has 5 nitrogen and oxygen atoms in total. The number of aliphatic hydroxyl groups is 1. The van der Waals surface area contributed by atoms with Gasteiger partial charge in [-0.15, -0.1) is 0 Å². The Bertz CT molecular complexity index is 657. The van der Waals surface area contributed by atoms with E-state index in [9.17, 15) is 14.3 Å². The molecule has 1 unspecified atom stereocenters. The van der Waals surface area contributed by atoms with Gasteiger partial charge in [0.15, 0.2) is 0 Å². The second-order valence-electron chi connectivity index (χ2n) is 5.34. The summed E-state index contributed by atoms with van der Waals surface area (Å²) in [5.74, 6) is 0.0881. The second kappa shape index (κ2) is 6.19. The zero-order valence-corrected chi connectivity index (χ0v) is 12.0. The fourth-order valence-corrected chi connectivity index (χ4v) is 2.55. The molecule has 6 heteroatoms. The third kappa shape index (κ3) is 3.12. The van der Waals surface area contributed by atoms with Gasteiger partial charge in [0.1, 0.15) is 11.6 Å². The molecule has 2 N–H and O–H groups in total. The summed E-state index contributed by atoms with van der Waals surface area (Å²) in [6.07, 6.45) is 2.45. The molecule has 1 fully saturated rings. The summed E-state index contributed by atoms with van der Waals surface area (Å²) < 4.78 is 19.2. The SMILES string of the molecule is O=C(Nc1cc(-c2ccco2)ccc1F)N1CCCC(O)C1. The molecule has 2 amide bonds. The zero-order valence-electron chi connectivity index (χ0n) is 12.0. The lowest BCUT2D eigenvalue weighted by molar-refractivity contribution is 0.0883. The molecule has 2 aromatic rings. The molecule has 0 bridgehead atoms. The van der Waals surface area contributed by atoms with Crippen LogP contribution in [0.3, 0.4) is 0 Å². The van der Waals surface area contributed by atoms with E-state index in [-0.39, 0.29) is 12.2 Å². The zero-order chi connectivity index (χ0) is 15.5. The van der Waals surface area contributed by atoms with Gasteiger partial charge in [-0.05, 0) is 43.2 Å². The Morgan fingerprint density at radius 3 is 3.00 bits per heavy atom. The van der Waals surface area contributed by atoms with Gasteiger partial charge in [0.25, 0.3) is 0 Å². The summed E-state index contributed by atoms with van der Waals surface area (Å²) in [5, 5.41) is 12.2. The Hall–Kier alpha value is -2.34. The topological polar surface area (TPSA) is 65.7 Å². The van der Waals surface area contributed by atoms with E-state index in [2.05, 4.69) is 5.32 Å². The lowest BCUT2D eigenvalue weighted by atomic mass is 10.1. The van der Waals surface area contributed by atoms with Gasteiger partial charge >= 0.3 is 6.03 Å². The molecule has 22 heavy (non-hydrogen) atoms.